The number of benzene rings is 1. The molecule has 0 amide bonds. The SMILES string of the molecule is COc1ccc([C@@H](N)CN)c(C)c1.Cl.Cl. The van der Waals surface area contributed by atoms with Gasteiger partial charge in [0.05, 0.1) is 7.11 Å². The highest BCUT2D eigenvalue weighted by Crippen LogP contribution is 2.20. The molecule has 0 bridgehead atoms. The summed E-state index contributed by atoms with van der Waals surface area (Å²) in [6.45, 7) is 2.47. The molecule has 0 saturated heterocycles. The van der Waals surface area contributed by atoms with Crippen LogP contribution >= 0.6 is 24.8 Å². The normalized spacial score (nSPS) is 10.9. The van der Waals surface area contributed by atoms with Gasteiger partial charge in [0.25, 0.3) is 0 Å². The predicted octanol–water partition coefficient (Wildman–Crippen LogP) is 1.81. The number of nitrogens with two attached hydrogens (primary N) is 2. The van der Waals surface area contributed by atoms with E-state index in [0.29, 0.717) is 6.54 Å². The highest BCUT2D eigenvalue weighted by Gasteiger charge is 2.06. The minimum Gasteiger partial charge on any atom is -0.497 e. The summed E-state index contributed by atoms with van der Waals surface area (Å²) in [6, 6.07) is 5.75. The summed E-state index contributed by atoms with van der Waals surface area (Å²) in [5.74, 6) is 0.852. The Kier molecular flexibility index (Phi) is 8.77. The fraction of sp³-hybridized carbons (Fsp3) is 0.400. The number of methoxy groups -OCH3 is 1. The quantitative estimate of drug-likeness (QED) is 0.863. The van der Waals surface area contributed by atoms with E-state index in [2.05, 4.69) is 0 Å². The molecule has 1 atom stereocenters. The lowest BCUT2D eigenvalue weighted by molar-refractivity contribution is 0.414. The van der Waals surface area contributed by atoms with Crippen LogP contribution in [-0.4, -0.2) is 13.7 Å². The van der Waals surface area contributed by atoms with Crippen LogP contribution in [0.25, 0.3) is 0 Å². The Hall–Kier alpha value is -0.480. The van der Waals surface area contributed by atoms with Crippen LogP contribution in [0.15, 0.2) is 18.2 Å². The maximum absolute atomic E-state index is 5.82. The Labute approximate surface area is 103 Å². The number of ether oxygens (including phenoxy) is 1. The summed E-state index contributed by atoms with van der Waals surface area (Å²) in [5, 5.41) is 0. The van der Waals surface area contributed by atoms with Gasteiger partial charge in [-0.1, -0.05) is 6.07 Å². The van der Waals surface area contributed by atoms with E-state index in [4.69, 9.17) is 16.2 Å². The molecular weight excluding hydrogens is 235 g/mol. The van der Waals surface area contributed by atoms with Crippen molar-refractivity contribution in [1.29, 1.82) is 0 Å². The summed E-state index contributed by atoms with van der Waals surface area (Å²) in [7, 11) is 1.65. The minimum atomic E-state index is -0.0779. The van der Waals surface area contributed by atoms with Gasteiger partial charge < -0.3 is 16.2 Å². The largest absolute Gasteiger partial charge is 0.497 e. The lowest BCUT2D eigenvalue weighted by Crippen LogP contribution is -2.21. The molecule has 4 N–H and O–H groups in total. The van der Waals surface area contributed by atoms with Crippen LogP contribution in [0.4, 0.5) is 0 Å². The molecule has 0 aliphatic heterocycles. The second-order valence-corrected chi connectivity index (χ2v) is 3.06. The van der Waals surface area contributed by atoms with E-state index in [1.807, 2.05) is 25.1 Å². The van der Waals surface area contributed by atoms with Crippen molar-refractivity contribution in [3.63, 3.8) is 0 Å². The second-order valence-electron chi connectivity index (χ2n) is 3.06. The van der Waals surface area contributed by atoms with Crippen molar-refractivity contribution in [3.05, 3.63) is 29.3 Å². The summed E-state index contributed by atoms with van der Waals surface area (Å²) in [4.78, 5) is 0. The average molecular weight is 253 g/mol. The zero-order valence-corrected chi connectivity index (χ0v) is 10.5. The first-order valence-corrected chi connectivity index (χ1v) is 4.29. The Balaban J connectivity index is 0. The first-order valence-electron chi connectivity index (χ1n) is 4.29. The average Bonchev–Trinajstić information content (AvgIpc) is 2.16. The number of hydrogen-bond donors (Lipinski definition) is 2. The van der Waals surface area contributed by atoms with Crippen LogP contribution in [0.1, 0.15) is 17.2 Å². The molecule has 5 heteroatoms. The van der Waals surface area contributed by atoms with Gasteiger partial charge in [-0.25, -0.2) is 0 Å². The molecule has 0 aliphatic rings. The van der Waals surface area contributed by atoms with Crippen molar-refractivity contribution < 1.29 is 4.74 Å². The van der Waals surface area contributed by atoms with Crippen molar-refractivity contribution in [2.75, 3.05) is 13.7 Å². The van der Waals surface area contributed by atoms with Crippen LogP contribution in [0.3, 0.4) is 0 Å². The molecule has 1 rings (SSSR count). The van der Waals surface area contributed by atoms with Gasteiger partial charge in [0.2, 0.25) is 0 Å². The first-order chi connectivity index (χ1) is 6.19. The van der Waals surface area contributed by atoms with Crippen LogP contribution in [0.5, 0.6) is 5.75 Å². The molecule has 88 valence electrons. The van der Waals surface area contributed by atoms with E-state index < -0.39 is 0 Å². The predicted molar refractivity (Wildman–Crippen MR) is 68.2 cm³/mol. The van der Waals surface area contributed by atoms with Gasteiger partial charge >= 0.3 is 0 Å². The molecular formula is C10H18Cl2N2O. The minimum absolute atomic E-state index is 0. The number of rotatable bonds is 3. The highest BCUT2D eigenvalue weighted by atomic mass is 35.5. The Morgan fingerprint density at radius 3 is 2.33 bits per heavy atom. The van der Waals surface area contributed by atoms with Gasteiger partial charge in [0.15, 0.2) is 0 Å². The highest BCUT2D eigenvalue weighted by molar-refractivity contribution is 5.85. The lowest BCUT2D eigenvalue weighted by Gasteiger charge is -2.13. The van der Waals surface area contributed by atoms with E-state index in [1.165, 1.54) is 0 Å². The van der Waals surface area contributed by atoms with Crippen molar-refractivity contribution in [2.24, 2.45) is 11.5 Å². The van der Waals surface area contributed by atoms with Gasteiger partial charge in [0.1, 0.15) is 5.75 Å². The summed E-state index contributed by atoms with van der Waals surface area (Å²) in [5.41, 5.74) is 13.5. The molecule has 0 heterocycles. The third-order valence-corrected chi connectivity index (χ3v) is 2.13. The second kappa shape index (κ2) is 7.77. The number of halogens is 2. The molecule has 0 fully saturated rings. The monoisotopic (exact) mass is 252 g/mol. The molecule has 0 aliphatic carbocycles. The molecule has 0 unspecified atom stereocenters. The zero-order chi connectivity index (χ0) is 9.84. The molecule has 0 aromatic heterocycles. The van der Waals surface area contributed by atoms with Gasteiger partial charge in [-0.2, -0.15) is 0 Å². The van der Waals surface area contributed by atoms with E-state index in [0.717, 1.165) is 16.9 Å². The smallest absolute Gasteiger partial charge is 0.119 e. The van der Waals surface area contributed by atoms with Gasteiger partial charge in [-0.15, -0.1) is 24.8 Å². The zero-order valence-electron chi connectivity index (χ0n) is 8.90. The van der Waals surface area contributed by atoms with E-state index in [-0.39, 0.29) is 30.9 Å². The molecule has 0 spiro atoms. The first kappa shape index (κ1) is 16.9. The standard InChI is InChI=1S/C10H16N2O.2ClH/c1-7-5-8(13-2)3-4-9(7)10(12)6-11;;/h3-5,10H,6,11-12H2,1-2H3;2*1H/t10-;;/m0../s1. The van der Waals surface area contributed by atoms with Crippen molar-refractivity contribution in [2.45, 2.75) is 13.0 Å². The molecule has 1 aromatic carbocycles. The molecule has 0 saturated carbocycles. The molecule has 1 aromatic rings. The van der Waals surface area contributed by atoms with Gasteiger partial charge in [-0.3, -0.25) is 0 Å². The van der Waals surface area contributed by atoms with Crippen LogP contribution < -0.4 is 16.2 Å². The molecule has 15 heavy (non-hydrogen) atoms. The fourth-order valence-electron chi connectivity index (χ4n) is 1.32. The summed E-state index contributed by atoms with van der Waals surface area (Å²) < 4.78 is 5.09. The third kappa shape index (κ3) is 4.26. The molecule has 0 radical (unpaired) electrons. The van der Waals surface area contributed by atoms with Crippen molar-refractivity contribution in [1.82, 2.24) is 0 Å². The Morgan fingerprint density at radius 1 is 1.33 bits per heavy atom. The topological polar surface area (TPSA) is 61.3 Å². The molecule has 3 nitrogen and oxygen atoms in total. The third-order valence-electron chi connectivity index (χ3n) is 2.13. The maximum atomic E-state index is 5.82. The van der Waals surface area contributed by atoms with Crippen LogP contribution in [0, 0.1) is 6.92 Å². The summed E-state index contributed by atoms with van der Waals surface area (Å²) >= 11 is 0. The summed E-state index contributed by atoms with van der Waals surface area (Å²) in [6.07, 6.45) is 0. The lowest BCUT2D eigenvalue weighted by atomic mass is 10.0. The van der Waals surface area contributed by atoms with Gasteiger partial charge in [0, 0.05) is 12.6 Å². The Bertz CT molecular complexity index is 295. The maximum Gasteiger partial charge on any atom is 0.119 e. The van der Waals surface area contributed by atoms with E-state index in [1.54, 1.807) is 7.11 Å². The van der Waals surface area contributed by atoms with E-state index in [9.17, 15) is 0 Å². The van der Waals surface area contributed by atoms with Crippen molar-refractivity contribution in [3.8, 4) is 5.75 Å². The Morgan fingerprint density at radius 2 is 1.93 bits per heavy atom. The van der Waals surface area contributed by atoms with Gasteiger partial charge in [-0.05, 0) is 30.2 Å². The number of hydrogen-bond acceptors (Lipinski definition) is 3. The van der Waals surface area contributed by atoms with Crippen molar-refractivity contribution >= 4 is 24.8 Å². The fourth-order valence-corrected chi connectivity index (χ4v) is 1.32. The van der Waals surface area contributed by atoms with Crippen LogP contribution in [-0.2, 0) is 0 Å². The number of aryl methyl sites for hydroxylation is 1. The van der Waals surface area contributed by atoms with Crippen LogP contribution in [0.2, 0.25) is 0 Å². The van der Waals surface area contributed by atoms with E-state index >= 15 is 0 Å².